The molecule has 5 unspecified atom stereocenters. The fourth-order valence-corrected chi connectivity index (χ4v) is 6.42. The maximum Gasteiger partial charge on any atom is 0.331 e. The van der Waals surface area contributed by atoms with E-state index in [0.29, 0.717) is 30.4 Å². The van der Waals surface area contributed by atoms with Crippen LogP contribution in [0.15, 0.2) is 4.99 Å². The molecular formula is C18H29N7O4S. The molecule has 0 aliphatic carbocycles. The van der Waals surface area contributed by atoms with Crippen molar-refractivity contribution in [2.45, 2.75) is 62.7 Å². The molecule has 0 aromatic carbocycles. The Labute approximate surface area is 176 Å². The normalized spacial score (nSPS) is 34.4. The van der Waals surface area contributed by atoms with Gasteiger partial charge in [-0.15, -0.1) is 0 Å². The van der Waals surface area contributed by atoms with Crippen molar-refractivity contribution in [2.24, 2.45) is 4.99 Å². The number of nitrogens with one attached hydrogen (secondary N) is 3. The summed E-state index contributed by atoms with van der Waals surface area (Å²) in [5, 5.41) is 17.0. The predicted molar refractivity (Wildman–Crippen MR) is 110 cm³/mol. The lowest BCUT2D eigenvalue weighted by atomic mass is 10.00. The Bertz CT molecular complexity index is 855. The van der Waals surface area contributed by atoms with Crippen LogP contribution < -0.4 is 16.0 Å². The zero-order chi connectivity index (χ0) is 22.1. The number of carbonyl (C=O) groups excluding carboxylic acids is 2. The van der Waals surface area contributed by atoms with Gasteiger partial charge in [0.15, 0.2) is 0 Å². The summed E-state index contributed by atoms with van der Waals surface area (Å²) in [4.78, 5) is 31.3. The molecule has 12 heteroatoms. The Balaban J connectivity index is 1.65. The second-order valence-electron chi connectivity index (χ2n) is 7.99. The predicted octanol–water partition coefficient (Wildman–Crippen LogP) is -1.37. The van der Waals surface area contributed by atoms with Crippen LogP contribution in [-0.4, -0.2) is 97.4 Å². The molecule has 0 radical (unpaired) electrons. The first kappa shape index (κ1) is 22.5. The first-order valence-electron chi connectivity index (χ1n) is 10.2. The number of piperidine rings is 1. The van der Waals surface area contributed by atoms with Gasteiger partial charge in [0.05, 0.1) is 18.2 Å². The van der Waals surface area contributed by atoms with E-state index in [1.165, 1.54) is 0 Å². The van der Waals surface area contributed by atoms with Gasteiger partial charge in [0.1, 0.15) is 17.8 Å². The Kier molecular flexibility index (Phi) is 6.64. The van der Waals surface area contributed by atoms with Crippen LogP contribution in [0.1, 0.15) is 27.2 Å². The highest BCUT2D eigenvalue weighted by Gasteiger charge is 2.50. The number of nitriles is 1. The Morgan fingerprint density at radius 3 is 2.90 bits per heavy atom. The summed E-state index contributed by atoms with van der Waals surface area (Å²) in [6.45, 7) is 6.70. The molecular weight excluding hydrogens is 410 g/mol. The van der Waals surface area contributed by atoms with Crippen LogP contribution in [0.2, 0.25) is 0 Å². The van der Waals surface area contributed by atoms with E-state index in [9.17, 15) is 18.0 Å². The van der Waals surface area contributed by atoms with E-state index in [1.807, 2.05) is 11.8 Å². The van der Waals surface area contributed by atoms with E-state index in [1.54, 1.807) is 20.1 Å². The molecule has 3 rings (SSSR count). The molecule has 3 heterocycles. The highest BCUT2D eigenvalue weighted by atomic mass is 32.2. The molecule has 2 fully saturated rings. The van der Waals surface area contributed by atoms with Gasteiger partial charge < -0.3 is 16.0 Å². The van der Waals surface area contributed by atoms with Gasteiger partial charge >= 0.3 is 6.03 Å². The number of likely N-dealkylation sites (N-methyl/N-ethyl adjacent to an activating group) is 1. The smallest absolute Gasteiger partial charge is 0.331 e. The van der Waals surface area contributed by atoms with Gasteiger partial charge in [-0.3, -0.25) is 14.7 Å². The number of nitrogens with zero attached hydrogens (tertiary/aromatic N) is 4. The monoisotopic (exact) mass is 439 g/mol. The molecule has 2 saturated heterocycles. The minimum atomic E-state index is -3.98. The number of carbonyl (C=O) groups is 2. The summed E-state index contributed by atoms with van der Waals surface area (Å²) >= 11 is 0. The summed E-state index contributed by atoms with van der Waals surface area (Å²) in [5.74, 6) is -0.572. The minimum absolute atomic E-state index is 0.266. The molecule has 0 saturated carbocycles. The third kappa shape index (κ3) is 4.28. The van der Waals surface area contributed by atoms with Crippen molar-refractivity contribution < 1.29 is 18.0 Å². The van der Waals surface area contributed by atoms with Gasteiger partial charge in [0.25, 0.3) is 0 Å². The van der Waals surface area contributed by atoms with Crippen molar-refractivity contribution in [1.29, 1.82) is 5.26 Å². The molecule has 3 aliphatic heterocycles. The minimum Gasteiger partial charge on any atom is -0.350 e. The van der Waals surface area contributed by atoms with Crippen LogP contribution in [0.4, 0.5) is 4.79 Å². The molecule has 3 N–H and O–H groups in total. The van der Waals surface area contributed by atoms with E-state index < -0.39 is 45.8 Å². The number of sulfonamides is 1. The topological polar surface area (TPSA) is 147 Å². The molecule has 166 valence electrons. The summed E-state index contributed by atoms with van der Waals surface area (Å²) in [7, 11) is -3.98. The molecule has 30 heavy (non-hydrogen) atoms. The molecule has 11 nitrogen and oxygen atoms in total. The first-order valence-corrected chi connectivity index (χ1v) is 11.7. The maximum atomic E-state index is 13.0. The lowest BCUT2D eigenvalue weighted by molar-refractivity contribution is -0.121. The average molecular weight is 440 g/mol. The number of fused-ring (bicyclic) bond motifs is 1. The highest BCUT2D eigenvalue weighted by molar-refractivity contribution is 7.90. The fourth-order valence-electron chi connectivity index (χ4n) is 4.31. The summed E-state index contributed by atoms with van der Waals surface area (Å²) < 4.78 is 26.7. The van der Waals surface area contributed by atoms with Crippen molar-refractivity contribution in [3.8, 4) is 6.07 Å². The SMILES string of the molecule is CCN1CC([C@@H](C)NC(=O)CN2C(=O)NC3CCNC(C)C3S2(=O)=O)N=CC1C#N. The van der Waals surface area contributed by atoms with Crippen molar-refractivity contribution >= 4 is 28.2 Å². The second-order valence-corrected chi connectivity index (χ2v) is 10.0. The van der Waals surface area contributed by atoms with Gasteiger partial charge in [0, 0.05) is 24.8 Å². The Morgan fingerprint density at radius 1 is 1.50 bits per heavy atom. The fraction of sp³-hybridized carbons (Fsp3) is 0.778. The van der Waals surface area contributed by atoms with E-state index in [-0.39, 0.29) is 18.1 Å². The van der Waals surface area contributed by atoms with Crippen molar-refractivity contribution in [1.82, 2.24) is 25.2 Å². The third-order valence-electron chi connectivity index (χ3n) is 6.02. The summed E-state index contributed by atoms with van der Waals surface area (Å²) in [6, 6.07) is -0.434. The first-order chi connectivity index (χ1) is 14.2. The quantitative estimate of drug-likeness (QED) is 0.479. The summed E-state index contributed by atoms with van der Waals surface area (Å²) in [6.07, 6.45) is 2.09. The Hall–Kier alpha value is -2.23. The molecule has 3 amide bonds. The van der Waals surface area contributed by atoms with Crippen molar-refractivity contribution in [2.75, 3.05) is 26.2 Å². The number of hydrogen-bond donors (Lipinski definition) is 3. The Morgan fingerprint density at radius 2 is 2.23 bits per heavy atom. The lowest BCUT2D eigenvalue weighted by Crippen LogP contribution is -2.70. The maximum absolute atomic E-state index is 13.0. The van der Waals surface area contributed by atoms with Crippen molar-refractivity contribution in [3.05, 3.63) is 0 Å². The van der Waals surface area contributed by atoms with Crippen LogP contribution in [0.3, 0.4) is 0 Å². The van der Waals surface area contributed by atoms with Gasteiger partial charge in [-0.1, -0.05) is 6.92 Å². The number of urea groups is 1. The van der Waals surface area contributed by atoms with Gasteiger partial charge in [-0.2, -0.15) is 5.26 Å². The molecule has 0 spiro atoms. The standard InChI is InChI=1S/C18H29N7O4S/c1-4-24-9-15(21-8-13(24)7-19)11(2)22-16(26)10-25-18(27)23-14-5-6-20-12(3)17(14)30(25,28)29/h8,11-15,17,20H,4-6,9-10H2,1-3H3,(H,22,26)(H,23,27)/t11-,12?,13?,14?,15?,17?/m1/s1. The molecule has 0 aromatic rings. The highest BCUT2D eigenvalue weighted by Crippen LogP contribution is 2.25. The summed E-state index contributed by atoms with van der Waals surface area (Å²) in [5.41, 5.74) is 0. The van der Waals surface area contributed by atoms with Crippen LogP contribution >= 0.6 is 0 Å². The number of aliphatic imine (C=N–C) groups is 1. The molecule has 0 bridgehead atoms. The number of amides is 3. The van der Waals surface area contributed by atoms with Crippen LogP contribution in [-0.2, 0) is 14.8 Å². The molecule has 3 aliphatic rings. The van der Waals surface area contributed by atoms with E-state index in [2.05, 4.69) is 27.0 Å². The number of hydrogen-bond acceptors (Lipinski definition) is 8. The van der Waals surface area contributed by atoms with Crippen LogP contribution in [0, 0.1) is 11.3 Å². The molecule has 6 atom stereocenters. The molecule has 0 aromatic heterocycles. The van der Waals surface area contributed by atoms with Crippen LogP contribution in [0.25, 0.3) is 0 Å². The van der Waals surface area contributed by atoms with Gasteiger partial charge in [-0.25, -0.2) is 17.5 Å². The zero-order valence-electron chi connectivity index (χ0n) is 17.4. The van der Waals surface area contributed by atoms with Crippen LogP contribution in [0.5, 0.6) is 0 Å². The van der Waals surface area contributed by atoms with Crippen molar-refractivity contribution in [3.63, 3.8) is 0 Å². The second kappa shape index (κ2) is 8.87. The lowest BCUT2D eigenvalue weighted by Gasteiger charge is -2.43. The van der Waals surface area contributed by atoms with E-state index >= 15 is 0 Å². The van der Waals surface area contributed by atoms with Gasteiger partial charge in [-0.05, 0) is 33.4 Å². The third-order valence-corrected chi connectivity index (χ3v) is 8.36. The van der Waals surface area contributed by atoms with E-state index in [4.69, 9.17) is 5.26 Å². The largest absolute Gasteiger partial charge is 0.350 e. The average Bonchev–Trinajstić information content (AvgIpc) is 2.70. The van der Waals surface area contributed by atoms with E-state index in [0.717, 1.165) is 0 Å². The number of rotatable bonds is 5. The van der Waals surface area contributed by atoms with Gasteiger partial charge in [0.2, 0.25) is 15.9 Å². The zero-order valence-corrected chi connectivity index (χ0v) is 18.2.